The molecule has 2 rings (SSSR count). The number of amides is 1. The largest absolute Gasteiger partial charge is 0.379 e. The number of carbonyl (C=O) groups excluding carboxylic acids is 1. The Morgan fingerprint density at radius 1 is 1.07 bits per heavy atom. The topological polar surface area (TPSA) is 75.7 Å². The lowest BCUT2D eigenvalue weighted by atomic mass is 10.1. The average molecular weight is 419 g/mol. The first-order valence-corrected chi connectivity index (χ1v) is 11.3. The molecule has 0 aliphatic rings. The summed E-state index contributed by atoms with van der Waals surface area (Å²) in [6.45, 7) is 6.63. The summed E-state index contributed by atoms with van der Waals surface area (Å²) in [7, 11) is -3.87. The van der Waals surface area contributed by atoms with Crippen LogP contribution in [0.4, 0.5) is 5.69 Å². The van der Waals surface area contributed by atoms with E-state index < -0.39 is 10.0 Å². The molecule has 0 fully saturated rings. The molecule has 1 N–H and O–H groups in total. The van der Waals surface area contributed by atoms with E-state index in [2.05, 4.69) is 5.32 Å². The quantitative estimate of drug-likeness (QED) is 0.568. The van der Waals surface area contributed by atoms with E-state index in [1.165, 1.54) is 12.1 Å². The van der Waals surface area contributed by atoms with E-state index in [1.807, 2.05) is 32.9 Å². The van der Waals surface area contributed by atoms with Gasteiger partial charge in [0.05, 0.1) is 16.7 Å². The third kappa shape index (κ3) is 6.87. The minimum atomic E-state index is -3.87. The number of nitrogens with one attached hydrogen (secondary N) is 1. The second-order valence-corrected chi connectivity index (χ2v) is 8.83. The van der Waals surface area contributed by atoms with Gasteiger partial charge in [-0.2, -0.15) is 0 Å². The Morgan fingerprint density at radius 2 is 1.72 bits per heavy atom. The van der Waals surface area contributed by atoms with Gasteiger partial charge in [-0.3, -0.25) is 9.10 Å². The van der Waals surface area contributed by atoms with Crippen LogP contribution in [0.5, 0.6) is 0 Å². The SMILES string of the molecule is CCc1ccc(N(CC(=O)NCCCOC(C)C)S(=O)(=O)c2ccccc2)cc1. The first-order valence-electron chi connectivity index (χ1n) is 9.89. The number of nitrogens with zero attached hydrogens (tertiary/aromatic N) is 1. The number of rotatable bonds is 11. The van der Waals surface area contributed by atoms with E-state index in [4.69, 9.17) is 4.74 Å². The molecule has 0 spiro atoms. The normalized spacial score (nSPS) is 11.4. The average Bonchev–Trinajstić information content (AvgIpc) is 2.72. The van der Waals surface area contributed by atoms with E-state index in [-0.39, 0.29) is 23.5 Å². The molecule has 2 aromatic carbocycles. The molecular formula is C22H30N2O4S. The Hall–Kier alpha value is -2.38. The second-order valence-electron chi connectivity index (χ2n) is 6.97. The number of hydrogen-bond acceptors (Lipinski definition) is 4. The number of anilines is 1. The van der Waals surface area contributed by atoms with E-state index in [0.717, 1.165) is 16.3 Å². The Balaban J connectivity index is 2.16. The highest BCUT2D eigenvalue weighted by molar-refractivity contribution is 7.92. The number of benzene rings is 2. The number of sulfonamides is 1. The standard InChI is InChI=1S/C22H30N2O4S/c1-4-19-11-13-20(14-12-19)24(29(26,27)21-9-6-5-7-10-21)17-22(25)23-15-8-16-28-18(2)3/h5-7,9-14,18H,4,8,15-17H2,1-3H3,(H,23,25). The third-order valence-corrected chi connectivity index (χ3v) is 6.13. The Bertz CT molecular complexity index is 865. The van der Waals surface area contributed by atoms with Gasteiger partial charge >= 0.3 is 0 Å². The lowest BCUT2D eigenvalue weighted by molar-refractivity contribution is -0.119. The lowest BCUT2D eigenvalue weighted by Crippen LogP contribution is -2.41. The zero-order valence-electron chi connectivity index (χ0n) is 17.3. The van der Waals surface area contributed by atoms with Crippen molar-refractivity contribution in [1.29, 1.82) is 0 Å². The first kappa shape index (κ1) is 22.9. The molecule has 7 heteroatoms. The van der Waals surface area contributed by atoms with Gasteiger partial charge in [-0.1, -0.05) is 37.3 Å². The fraction of sp³-hybridized carbons (Fsp3) is 0.409. The third-order valence-electron chi connectivity index (χ3n) is 4.35. The molecule has 1 amide bonds. The van der Waals surface area contributed by atoms with Crippen LogP contribution >= 0.6 is 0 Å². The van der Waals surface area contributed by atoms with Crippen LogP contribution < -0.4 is 9.62 Å². The van der Waals surface area contributed by atoms with Gasteiger partial charge in [-0.15, -0.1) is 0 Å². The highest BCUT2D eigenvalue weighted by Gasteiger charge is 2.26. The van der Waals surface area contributed by atoms with Gasteiger partial charge in [0, 0.05) is 13.2 Å². The highest BCUT2D eigenvalue weighted by atomic mass is 32.2. The van der Waals surface area contributed by atoms with Gasteiger partial charge in [0.1, 0.15) is 6.54 Å². The van der Waals surface area contributed by atoms with Crippen molar-refractivity contribution in [2.24, 2.45) is 0 Å². The van der Waals surface area contributed by atoms with Crippen molar-refractivity contribution in [3.8, 4) is 0 Å². The molecule has 29 heavy (non-hydrogen) atoms. The number of hydrogen-bond donors (Lipinski definition) is 1. The molecule has 0 aliphatic carbocycles. The van der Waals surface area contributed by atoms with Crippen molar-refractivity contribution in [1.82, 2.24) is 5.32 Å². The van der Waals surface area contributed by atoms with Crippen LogP contribution in [0.1, 0.15) is 32.8 Å². The molecule has 0 atom stereocenters. The van der Waals surface area contributed by atoms with Crippen LogP contribution in [0.15, 0.2) is 59.5 Å². The van der Waals surface area contributed by atoms with Crippen molar-refractivity contribution in [3.63, 3.8) is 0 Å². The van der Waals surface area contributed by atoms with Crippen molar-refractivity contribution in [2.45, 2.75) is 44.6 Å². The van der Waals surface area contributed by atoms with Gasteiger partial charge < -0.3 is 10.1 Å². The minimum Gasteiger partial charge on any atom is -0.379 e. The summed E-state index contributed by atoms with van der Waals surface area (Å²) in [6.07, 6.45) is 1.66. The molecule has 0 unspecified atom stereocenters. The van der Waals surface area contributed by atoms with Gasteiger partial charge in [0.2, 0.25) is 5.91 Å². The predicted octanol–water partition coefficient (Wildman–Crippen LogP) is 3.38. The molecule has 0 aliphatic heterocycles. The van der Waals surface area contributed by atoms with Crippen molar-refractivity contribution in [2.75, 3.05) is 24.0 Å². The lowest BCUT2D eigenvalue weighted by Gasteiger charge is -2.24. The van der Waals surface area contributed by atoms with Crippen LogP contribution in [0.3, 0.4) is 0 Å². The summed E-state index contributed by atoms with van der Waals surface area (Å²) in [5.41, 5.74) is 1.56. The summed E-state index contributed by atoms with van der Waals surface area (Å²) in [6, 6.07) is 15.4. The van der Waals surface area contributed by atoms with E-state index in [9.17, 15) is 13.2 Å². The zero-order chi connectivity index (χ0) is 21.3. The fourth-order valence-electron chi connectivity index (χ4n) is 2.74. The maximum atomic E-state index is 13.2. The molecule has 2 aromatic rings. The van der Waals surface area contributed by atoms with Gasteiger partial charge in [0.15, 0.2) is 0 Å². The molecule has 0 aromatic heterocycles. The maximum Gasteiger partial charge on any atom is 0.264 e. The van der Waals surface area contributed by atoms with Gasteiger partial charge in [-0.25, -0.2) is 8.42 Å². The van der Waals surface area contributed by atoms with Crippen molar-refractivity contribution < 1.29 is 17.9 Å². The van der Waals surface area contributed by atoms with Crippen LogP contribution in [0.2, 0.25) is 0 Å². The van der Waals surface area contributed by atoms with Crippen LogP contribution in [0.25, 0.3) is 0 Å². The number of ether oxygens (including phenoxy) is 1. The Labute approximate surface area is 173 Å². The Kier molecular flexibility index (Phi) is 8.67. The fourth-order valence-corrected chi connectivity index (χ4v) is 4.18. The molecule has 0 saturated carbocycles. The smallest absolute Gasteiger partial charge is 0.264 e. The number of aryl methyl sites for hydroxylation is 1. The summed E-state index contributed by atoms with van der Waals surface area (Å²) < 4.78 is 33.0. The van der Waals surface area contributed by atoms with Crippen LogP contribution in [-0.4, -0.2) is 40.1 Å². The minimum absolute atomic E-state index is 0.142. The summed E-state index contributed by atoms with van der Waals surface area (Å²) in [5.74, 6) is -0.353. The molecule has 6 nitrogen and oxygen atoms in total. The Morgan fingerprint density at radius 3 is 2.31 bits per heavy atom. The highest BCUT2D eigenvalue weighted by Crippen LogP contribution is 2.24. The molecule has 158 valence electrons. The second kappa shape index (κ2) is 11.0. The summed E-state index contributed by atoms with van der Waals surface area (Å²) in [5, 5.41) is 2.78. The summed E-state index contributed by atoms with van der Waals surface area (Å²) in [4.78, 5) is 12.6. The molecular weight excluding hydrogens is 388 g/mol. The predicted molar refractivity (Wildman–Crippen MR) is 116 cm³/mol. The molecule has 0 radical (unpaired) electrons. The maximum absolute atomic E-state index is 13.2. The van der Waals surface area contributed by atoms with Gasteiger partial charge in [-0.05, 0) is 56.5 Å². The summed E-state index contributed by atoms with van der Waals surface area (Å²) >= 11 is 0. The molecule has 0 heterocycles. The monoisotopic (exact) mass is 418 g/mol. The van der Waals surface area contributed by atoms with Crippen molar-refractivity contribution >= 4 is 21.6 Å². The zero-order valence-corrected chi connectivity index (χ0v) is 18.1. The van der Waals surface area contributed by atoms with E-state index >= 15 is 0 Å². The van der Waals surface area contributed by atoms with Gasteiger partial charge in [0.25, 0.3) is 10.0 Å². The van der Waals surface area contributed by atoms with Crippen LogP contribution in [0, 0.1) is 0 Å². The molecule has 0 bridgehead atoms. The van der Waals surface area contributed by atoms with Crippen LogP contribution in [-0.2, 0) is 26.0 Å². The van der Waals surface area contributed by atoms with Crippen molar-refractivity contribution in [3.05, 3.63) is 60.2 Å². The van der Waals surface area contributed by atoms with E-state index in [1.54, 1.807) is 30.3 Å². The first-order chi connectivity index (χ1) is 13.8. The van der Waals surface area contributed by atoms with E-state index in [0.29, 0.717) is 25.3 Å². The molecule has 0 saturated heterocycles. The number of carbonyl (C=O) groups is 1.